The molecule has 2 aliphatic heterocycles. The minimum absolute atomic E-state index is 0.196. The van der Waals surface area contributed by atoms with Gasteiger partial charge in [0.2, 0.25) is 5.91 Å². The van der Waals surface area contributed by atoms with Gasteiger partial charge in [-0.25, -0.2) is 0 Å². The highest BCUT2D eigenvalue weighted by atomic mass is 16.2. The molecule has 1 fully saturated rings. The molecule has 1 N–H and O–H groups in total. The molecule has 84 valence electrons. The fourth-order valence-corrected chi connectivity index (χ4v) is 2.69. The van der Waals surface area contributed by atoms with Gasteiger partial charge in [0.1, 0.15) is 0 Å². The van der Waals surface area contributed by atoms with E-state index in [-0.39, 0.29) is 5.91 Å². The zero-order chi connectivity index (χ0) is 11.1. The zero-order valence-corrected chi connectivity index (χ0v) is 9.49. The summed E-state index contributed by atoms with van der Waals surface area (Å²) in [6.45, 7) is 4.49. The second-order valence-corrected chi connectivity index (χ2v) is 4.67. The number of likely N-dealkylation sites (tertiary alicyclic amines) is 1. The first-order valence-electron chi connectivity index (χ1n) is 5.87. The lowest BCUT2D eigenvalue weighted by atomic mass is 9.87. The van der Waals surface area contributed by atoms with Gasteiger partial charge in [0.25, 0.3) is 0 Å². The summed E-state index contributed by atoms with van der Waals surface area (Å²) >= 11 is 0. The van der Waals surface area contributed by atoms with E-state index in [1.54, 1.807) is 6.92 Å². The maximum atomic E-state index is 11.2. The largest absolute Gasteiger partial charge is 0.384 e. The second kappa shape index (κ2) is 3.51. The highest BCUT2D eigenvalue weighted by Gasteiger charge is 2.32. The summed E-state index contributed by atoms with van der Waals surface area (Å²) in [4.78, 5) is 13.1. The van der Waals surface area contributed by atoms with Crippen LogP contribution < -0.4 is 5.32 Å². The molecular weight excluding hydrogens is 200 g/mol. The molecule has 1 saturated heterocycles. The highest BCUT2D eigenvalue weighted by Crippen LogP contribution is 2.34. The van der Waals surface area contributed by atoms with E-state index in [4.69, 9.17) is 0 Å². The van der Waals surface area contributed by atoms with Crippen molar-refractivity contribution in [1.29, 1.82) is 0 Å². The van der Waals surface area contributed by atoms with Gasteiger partial charge in [-0.2, -0.15) is 0 Å². The van der Waals surface area contributed by atoms with Gasteiger partial charge in [0, 0.05) is 38.2 Å². The standard InChI is InChI=1S/C13H16N2O/c1-9(16)15-7-10(8-15)11-3-2-4-13-12(11)5-6-14-13/h2-4,10,14H,5-8H2,1H3. The number of benzene rings is 1. The molecule has 0 radical (unpaired) electrons. The van der Waals surface area contributed by atoms with Gasteiger partial charge in [-0.1, -0.05) is 12.1 Å². The Morgan fingerprint density at radius 2 is 2.25 bits per heavy atom. The Labute approximate surface area is 95.4 Å². The van der Waals surface area contributed by atoms with Crippen molar-refractivity contribution in [2.75, 3.05) is 25.0 Å². The van der Waals surface area contributed by atoms with Crippen molar-refractivity contribution in [2.45, 2.75) is 19.3 Å². The number of hydrogen-bond donors (Lipinski definition) is 1. The molecule has 0 aliphatic carbocycles. The summed E-state index contributed by atoms with van der Waals surface area (Å²) in [5.41, 5.74) is 4.20. The quantitative estimate of drug-likeness (QED) is 0.773. The van der Waals surface area contributed by atoms with Crippen molar-refractivity contribution in [2.24, 2.45) is 0 Å². The number of carbonyl (C=O) groups excluding carboxylic acids is 1. The fraction of sp³-hybridized carbons (Fsp3) is 0.462. The van der Waals surface area contributed by atoms with E-state index in [1.165, 1.54) is 16.8 Å². The van der Waals surface area contributed by atoms with Crippen LogP contribution in [0.15, 0.2) is 18.2 Å². The first-order valence-corrected chi connectivity index (χ1v) is 5.87. The molecular formula is C13H16N2O. The Morgan fingerprint density at radius 1 is 1.44 bits per heavy atom. The zero-order valence-electron chi connectivity index (χ0n) is 9.49. The molecule has 16 heavy (non-hydrogen) atoms. The van der Waals surface area contributed by atoms with Crippen molar-refractivity contribution >= 4 is 11.6 Å². The number of fused-ring (bicyclic) bond motifs is 1. The Bertz CT molecular complexity index is 436. The summed E-state index contributed by atoms with van der Waals surface area (Å²) in [6, 6.07) is 6.48. The minimum Gasteiger partial charge on any atom is -0.384 e. The summed E-state index contributed by atoms with van der Waals surface area (Å²) in [5.74, 6) is 0.751. The fourth-order valence-electron chi connectivity index (χ4n) is 2.69. The lowest BCUT2D eigenvalue weighted by Gasteiger charge is -2.39. The Morgan fingerprint density at radius 3 is 3.00 bits per heavy atom. The summed E-state index contributed by atoms with van der Waals surface area (Å²) < 4.78 is 0. The smallest absolute Gasteiger partial charge is 0.219 e. The molecule has 3 heteroatoms. The van der Waals surface area contributed by atoms with Gasteiger partial charge in [-0.3, -0.25) is 4.79 Å². The van der Waals surface area contributed by atoms with Crippen LogP contribution in [0.2, 0.25) is 0 Å². The average Bonchev–Trinajstić information content (AvgIpc) is 2.63. The summed E-state index contributed by atoms with van der Waals surface area (Å²) in [7, 11) is 0. The molecule has 0 atom stereocenters. The van der Waals surface area contributed by atoms with Gasteiger partial charge in [0.15, 0.2) is 0 Å². The number of nitrogens with one attached hydrogen (secondary N) is 1. The topological polar surface area (TPSA) is 32.3 Å². The van der Waals surface area contributed by atoms with E-state index in [9.17, 15) is 4.79 Å². The predicted octanol–water partition coefficient (Wildman–Crippen LogP) is 1.60. The van der Waals surface area contributed by atoms with Crippen LogP contribution in [0.4, 0.5) is 5.69 Å². The number of rotatable bonds is 1. The van der Waals surface area contributed by atoms with E-state index in [2.05, 4.69) is 23.5 Å². The van der Waals surface area contributed by atoms with Crippen molar-refractivity contribution in [3.05, 3.63) is 29.3 Å². The summed E-state index contributed by atoms with van der Waals surface area (Å²) in [6.07, 6.45) is 1.13. The van der Waals surface area contributed by atoms with Gasteiger partial charge in [-0.15, -0.1) is 0 Å². The second-order valence-electron chi connectivity index (χ2n) is 4.67. The lowest BCUT2D eigenvalue weighted by Crippen LogP contribution is -2.47. The van der Waals surface area contributed by atoms with Gasteiger partial charge in [-0.05, 0) is 23.6 Å². The predicted molar refractivity (Wildman–Crippen MR) is 63.6 cm³/mol. The first-order chi connectivity index (χ1) is 7.75. The van der Waals surface area contributed by atoms with Crippen LogP contribution in [0.1, 0.15) is 24.0 Å². The molecule has 0 saturated carbocycles. The Hall–Kier alpha value is -1.51. The molecule has 2 heterocycles. The molecule has 0 bridgehead atoms. The number of anilines is 1. The molecule has 0 aromatic heterocycles. The Kier molecular flexibility index (Phi) is 2.13. The SMILES string of the molecule is CC(=O)N1CC(c2cccc3c2CCN3)C1. The van der Waals surface area contributed by atoms with E-state index >= 15 is 0 Å². The molecule has 2 aliphatic rings. The lowest BCUT2D eigenvalue weighted by molar-refractivity contribution is -0.133. The van der Waals surface area contributed by atoms with Gasteiger partial charge >= 0.3 is 0 Å². The van der Waals surface area contributed by atoms with Crippen LogP contribution in [0.3, 0.4) is 0 Å². The van der Waals surface area contributed by atoms with Crippen LogP contribution in [0, 0.1) is 0 Å². The monoisotopic (exact) mass is 216 g/mol. The summed E-state index contributed by atoms with van der Waals surface area (Å²) in [5, 5.41) is 3.40. The minimum atomic E-state index is 0.196. The van der Waals surface area contributed by atoms with Crippen LogP contribution in [0.25, 0.3) is 0 Å². The molecule has 0 spiro atoms. The average molecular weight is 216 g/mol. The number of carbonyl (C=O) groups is 1. The Balaban J connectivity index is 1.82. The van der Waals surface area contributed by atoms with E-state index in [1.807, 2.05) is 4.90 Å². The first kappa shape index (κ1) is 9.70. The van der Waals surface area contributed by atoms with Crippen LogP contribution >= 0.6 is 0 Å². The molecule has 0 unspecified atom stereocenters. The number of amides is 1. The van der Waals surface area contributed by atoms with Gasteiger partial charge < -0.3 is 10.2 Å². The van der Waals surface area contributed by atoms with Crippen LogP contribution in [-0.4, -0.2) is 30.4 Å². The molecule has 1 amide bonds. The molecule has 1 aromatic rings. The maximum Gasteiger partial charge on any atom is 0.219 e. The van der Waals surface area contributed by atoms with Crippen LogP contribution in [0.5, 0.6) is 0 Å². The highest BCUT2D eigenvalue weighted by molar-refractivity contribution is 5.74. The van der Waals surface area contributed by atoms with Crippen molar-refractivity contribution < 1.29 is 4.79 Å². The third-order valence-electron chi connectivity index (χ3n) is 3.67. The third-order valence-corrected chi connectivity index (χ3v) is 3.67. The van der Waals surface area contributed by atoms with E-state index in [0.29, 0.717) is 5.92 Å². The van der Waals surface area contributed by atoms with Crippen molar-refractivity contribution in [3.8, 4) is 0 Å². The van der Waals surface area contributed by atoms with Crippen LogP contribution in [-0.2, 0) is 11.2 Å². The number of nitrogens with zero attached hydrogens (tertiary/aromatic N) is 1. The molecule has 1 aromatic carbocycles. The van der Waals surface area contributed by atoms with Crippen molar-refractivity contribution in [1.82, 2.24) is 4.90 Å². The van der Waals surface area contributed by atoms with Gasteiger partial charge in [0.05, 0.1) is 0 Å². The van der Waals surface area contributed by atoms with Crippen molar-refractivity contribution in [3.63, 3.8) is 0 Å². The number of hydrogen-bond acceptors (Lipinski definition) is 2. The van der Waals surface area contributed by atoms with E-state index < -0.39 is 0 Å². The normalized spacial score (nSPS) is 18.9. The van der Waals surface area contributed by atoms with E-state index in [0.717, 1.165) is 26.1 Å². The third kappa shape index (κ3) is 1.39. The molecule has 3 rings (SSSR count). The molecule has 3 nitrogen and oxygen atoms in total. The maximum absolute atomic E-state index is 11.2.